The molecule has 0 atom stereocenters. The topological polar surface area (TPSA) is 45.2 Å². The number of nitrogens with one attached hydrogen (secondary N) is 1. The van der Waals surface area contributed by atoms with E-state index < -0.39 is 0 Å². The number of aromatic nitrogens is 1. The largest absolute Gasteiger partial charge is 0.351 e. The molecule has 0 aliphatic rings. The van der Waals surface area contributed by atoms with Gasteiger partial charge in [0.25, 0.3) is 5.91 Å². The van der Waals surface area contributed by atoms with Crippen molar-refractivity contribution in [3.63, 3.8) is 0 Å². The minimum Gasteiger partial charge on any atom is -0.351 e. The molecular weight excluding hydrogens is 310 g/mol. The molecule has 0 aliphatic carbocycles. The Morgan fingerprint density at radius 1 is 1.22 bits per heavy atom. The van der Waals surface area contributed by atoms with Crippen LogP contribution >= 0.6 is 11.6 Å². The normalized spacial score (nSPS) is 11.7. The van der Waals surface area contributed by atoms with Gasteiger partial charge in [-0.1, -0.05) is 29.8 Å². The van der Waals surface area contributed by atoms with Crippen molar-refractivity contribution in [2.75, 3.05) is 13.1 Å². The second-order valence-corrected chi connectivity index (χ2v) is 6.58. The highest BCUT2D eigenvalue weighted by Crippen LogP contribution is 2.20. The summed E-state index contributed by atoms with van der Waals surface area (Å²) in [6.45, 7) is 10.1. The molecule has 1 heterocycles. The van der Waals surface area contributed by atoms with Gasteiger partial charge in [-0.2, -0.15) is 0 Å². The number of carbonyl (C=O) groups is 1. The highest BCUT2D eigenvalue weighted by atomic mass is 35.5. The lowest BCUT2D eigenvalue weighted by atomic mass is 10.1. The van der Waals surface area contributed by atoms with Crippen molar-refractivity contribution in [2.45, 2.75) is 39.8 Å². The first-order valence-corrected chi connectivity index (χ1v) is 8.37. The molecule has 2 rings (SSSR count). The summed E-state index contributed by atoms with van der Waals surface area (Å²) in [6.07, 6.45) is 0. The van der Waals surface area contributed by atoms with Gasteiger partial charge in [0.2, 0.25) is 0 Å². The zero-order chi connectivity index (χ0) is 17.0. The minimum atomic E-state index is -0.113. The average molecular weight is 334 g/mol. The molecule has 4 nitrogen and oxygen atoms in total. The molecule has 0 spiro atoms. The summed E-state index contributed by atoms with van der Waals surface area (Å²) in [6, 6.07) is 10.1. The van der Waals surface area contributed by atoms with Gasteiger partial charge in [-0.15, -0.1) is 0 Å². The summed E-state index contributed by atoms with van der Waals surface area (Å²) in [4.78, 5) is 19.1. The number of rotatable bonds is 6. The van der Waals surface area contributed by atoms with Gasteiger partial charge in [-0.05, 0) is 39.8 Å². The molecule has 23 heavy (non-hydrogen) atoms. The van der Waals surface area contributed by atoms with Gasteiger partial charge in [0.1, 0.15) is 5.15 Å². The van der Waals surface area contributed by atoms with Gasteiger partial charge in [0.05, 0.1) is 11.1 Å². The highest BCUT2D eigenvalue weighted by molar-refractivity contribution is 6.30. The zero-order valence-electron chi connectivity index (χ0n) is 14.1. The Labute approximate surface area is 142 Å². The minimum absolute atomic E-state index is 0.113. The van der Waals surface area contributed by atoms with E-state index in [0.29, 0.717) is 29.3 Å². The molecular formula is C18H24ClN3O. The second-order valence-electron chi connectivity index (χ2n) is 6.19. The summed E-state index contributed by atoms with van der Waals surface area (Å²) >= 11 is 6.04. The van der Waals surface area contributed by atoms with Crippen molar-refractivity contribution in [3.8, 4) is 0 Å². The highest BCUT2D eigenvalue weighted by Gasteiger charge is 2.15. The van der Waals surface area contributed by atoms with Gasteiger partial charge < -0.3 is 5.32 Å². The van der Waals surface area contributed by atoms with E-state index in [1.807, 2.05) is 24.3 Å². The lowest BCUT2D eigenvalue weighted by Gasteiger charge is -2.30. The van der Waals surface area contributed by atoms with Gasteiger partial charge in [-0.25, -0.2) is 4.98 Å². The van der Waals surface area contributed by atoms with Crippen molar-refractivity contribution in [2.24, 2.45) is 0 Å². The molecule has 0 saturated carbocycles. The van der Waals surface area contributed by atoms with Gasteiger partial charge in [0, 0.05) is 30.6 Å². The number of benzene rings is 1. The molecule has 0 saturated heterocycles. The number of nitrogens with zero attached hydrogens (tertiary/aromatic N) is 2. The third-order valence-corrected chi connectivity index (χ3v) is 4.11. The third-order valence-electron chi connectivity index (χ3n) is 3.91. The Hall–Kier alpha value is -1.65. The first kappa shape index (κ1) is 17.7. The molecule has 0 bridgehead atoms. The summed E-state index contributed by atoms with van der Waals surface area (Å²) in [7, 11) is 0. The molecule has 124 valence electrons. The first-order valence-electron chi connectivity index (χ1n) is 7.99. The standard InChI is InChI=1S/C18H24ClN3O/c1-12(2)22(13(3)4)10-9-20-18(23)15-11-17(19)21-16-8-6-5-7-14(15)16/h5-8,11-13H,9-10H2,1-4H3,(H,20,23). The van der Waals surface area contributed by atoms with Crippen molar-refractivity contribution in [1.82, 2.24) is 15.2 Å². The van der Waals surface area contributed by atoms with Crippen LogP contribution in [0.25, 0.3) is 10.9 Å². The predicted molar refractivity (Wildman–Crippen MR) is 96.1 cm³/mol. The van der Waals surface area contributed by atoms with Crippen LogP contribution in [0, 0.1) is 0 Å². The molecule has 1 N–H and O–H groups in total. The first-order chi connectivity index (χ1) is 10.9. The van der Waals surface area contributed by atoms with Crippen LogP contribution in [-0.2, 0) is 0 Å². The lowest BCUT2D eigenvalue weighted by Crippen LogP contribution is -2.42. The summed E-state index contributed by atoms with van der Waals surface area (Å²) < 4.78 is 0. The fraction of sp³-hybridized carbons (Fsp3) is 0.444. The predicted octanol–water partition coefficient (Wildman–Crippen LogP) is 3.74. The Balaban J connectivity index is 2.10. The van der Waals surface area contributed by atoms with Crippen molar-refractivity contribution < 1.29 is 4.79 Å². The third kappa shape index (κ3) is 4.43. The molecule has 0 radical (unpaired) electrons. The summed E-state index contributed by atoms with van der Waals surface area (Å²) in [5.41, 5.74) is 1.30. The quantitative estimate of drug-likeness (QED) is 0.819. The molecule has 0 aliphatic heterocycles. The number of pyridine rings is 1. The molecule has 5 heteroatoms. The Bertz CT molecular complexity index is 677. The fourth-order valence-electron chi connectivity index (χ4n) is 2.84. The molecule has 1 aromatic heterocycles. The van der Waals surface area contributed by atoms with Crippen LogP contribution in [0.4, 0.5) is 0 Å². The SMILES string of the molecule is CC(C)N(CCNC(=O)c1cc(Cl)nc2ccccc12)C(C)C. The number of hydrogen-bond acceptors (Lipinski definition) is 3. The number of amides is 1. The van der Waals surface area contributed by atoms with Gasteiger partial charge in [-0.3, -0.25) is 9.69 Å². The summed E-state index contributed by atoms with van der Waals surface area (Å²) in [5.74, 6) is -0.113. The number of carbonyl (C=O) groups excluding carboxylic acids is 1. The van der Waals surface area contributed by atoms with E-state index in [4.69, 9.17) is 11.6 Å². The van der Waals surface area contributed by atoms with Crippen LogP contribution in [0.1, 0.15) is 38.1 Å². The van der Waals surface area contributed by atoms with Crippen LogP contribution in [0.3, 0.4) is 0 Å². The number of fused-ring (bicyclic) bond motifs is 1. The maximum absolute atomic E-state index is 12.5. The number of halogens is 1. The van der Waals surface area contributed by atoms with E-state index >= 15 is 0 Å². The van der Waals surface area contributed by atoms with E-state index in [2.05, 4.69) is 42.9 Å². The zero-order valence-corrected chi connectivity index (χ0v) is 14.9. The van der Waals surface area contributed by atoms with Crippen molar-refractivity contribution >= 4 is 28.4 Å². The Kier molecular flexibility index (Phi) is 5.97. The molecule has 1 aromatic carbocycles. The monoisotopic (exact) mass is 333 g/mol. The van der Waals surface area contributed by atoms with Gasteiger partial charge in [0.15, 0.2) is 0 Å². The molecule has 1 amide bonds. The number of hydrogen-bond donors (Lipinski definition) is 1. The summed E-state index contributed by atoms with van der Waals surface area (Å²) in [5, 5.41) is 4.14. The maximum atomic E-state index is 12.5. The second kappa shape index (κ2) is 7.75. The van der Waals surface area contributed by atoms with Crippen LogP contribution in [0.15, 0.2) is 30.3 Å². The lowest BCUT2D eigenvalue weighted by molar-refractivity contribution is 0.0941. The smallest absolute Gasteiger partial charge is 0.252 e. The van der Waals surface area contributed by atoms with E-state index in [1.165, 1.54) is 0 Å². The van der Waals surface area contributed by atoms with E-state index in [9.17, 15) is 4.79 Å². The van der Waals surface area contributed by atoms with Crippen LogP contribution < -0.4 is 5.32 Å². The van der Waals surface area contributed by atoms with Gasteiger partial charge >= 0.3 is 0 Å². The Morgan fingerprint density at radius 2 is 1.87 bits per heavy atom. The van der Waals surface area contributed by atoms with Crippen molar-refractivity contribution in [3.05, 3.63) is 41.0 Å². The average Bonchev–Trinajstić information content (AvgIpc) is 2.49. The molecule has 2 aromatic rings. The number of para-hydroxylation sites is 1. The van der Waals surface area contributed by atoms with E-state index in [-0.39, 0.29) is 5.91 Å². The van der Waals surface area contributed by atoms with Crippen LogP contribution in [0.2, 0.25) is 5.15 Å². The van der Waals surface area contributed by atoms with Crippen LogP contribution in [-0.4, -0.2) is 41.0 Å². The molecule has 0 unspecified atom stereocenters. The van der Waals surface area contributed by atoms with E-state index in [0.717, 1.165) is 17.4 Å². The maximum Gasteiger partial charge on any atom is 0.252 e. The Morgan fingerprint density at radius 3 is 2.52 bits per heavy atom. The fourth-order valence-corrected chi connectivity index (χ4v) is 3.04. The van der Waals surface area contributed by atoms with Crippen molar-refractivity contribution in [1.29, 1.82) is 0 Å². The molecule has 0 fully saturated rings. The van der Waals surface area contributed by atoms with E-state index in [1.54, 1.807) is 6.07 Å². The van der Waals surface area contributed by atoms with Crippen LogP contribution in [0.5, 0.6) is 0 Å².